The number of aliphatic carboxylic acids is 1. The van der Waals surface area contributed by atoms with Crippen LogP contribution in [-0.4, -0.2) is 42.1 Å². The van der Waals surface area contributed by atoms with E-state index in [9.17, 15) is 9.59 Å². The highest BCUT2D eigenvalue weighted by Crippen LogP contribution is 2.23. The van der Waals surface area contributed by atoms with E-state index in [0.717, 1.165) is 44.1 Å². The van der Waals surface area contributed by atoms with E-state index in [4.69, 9.17) is 9.84 Å². The van der Waals surface area contributed by atoms with Crippen LogP contribution in [-0.2, 0) is 20.9 Å². The second-order valence-electron chi connectivity index (χ2n) is 5.09. The fraction of sp³-hybridized carbons (Fsp3) is 0.467. The molecule has 1 aliphatic rings. The minimum atomic E-state index is -0.937. The van der Waals surface area contributed by atoms with Gasteiger partial charge in [0.15, 0.2) is 0 Å². The van der Waals surface area contributed by atoms with E-state index < -0.39 is 5.97 Å². The summed E-state index contributed by atoms with van der Waals surface area (Å²) in [4.78, 5) is 25.5. The molecule has 0 radical (unpaired) electrons. The molecule has 0 bridgehead atoms. The first kappa shape index (κ1) is 15.7. The van der Waals surface area contributed by atoms with Crippen molar-refractivity contribution in [1.82, 2.24) is 4.90 Å². The maximum atomic E-state index is 11.5. The molecule has 1 saturated heterocycles. The van der Waals surface area contributed by atoms with Gasteiger partial charge in [-0.05, 0) is 49.0 Å². The standard InChI is InChI=1S/C15H19NO4S/c1-20-15(19)12-4-6-16(7-5-12)9-13-8-11(10-21-13)2-3-14(17)18/h2-3,8,10,12H,4-7,9H2,1H3,(H,17,18). The Morgan fingerprint density at radius 1 is 1.48 bits per heavy atom. The van der Waals surface area contributed by atoms with Crippen LogP contribution in [0.1, 0.15) is 23.3 Å². The van der Waals surface area contributed by atoms with Gasteiger partial charge in [0.05, 0.1) is 13.0 Å². The van der Waals surface area contributed by atoms with Crippen LogP contribution >= 0.6 is 11.3 Å². The number of carbonyl (C=O) groups is 2. The number of esters is 1. The van der Waals surface area contributed by atoms with Gasteiger partial charge in [0, 0.05) is 17.5 Å². The molecule has 1 aliphatic heterocycles. The summed E-state index contributed by atoms with van der Waals surface area (Å²) in [6, 6.07) is 2.01. The lowest BCUT2D eigenvalue weighted by molar-refractivity contribution is -0.147. The van der Waals surface area contributed by atoms with E-state index in [2.05, 4.69) is 4.90 Å². The molecule has 0 spiro atoms. The van der Waals surface area contributed by atoms with Crippen LogP contribution in [0, 0.1) is 5.92 Å². The van der Waals surface area contributed by atoms with Crippen molar-refractivity contribution in [2.24, 2.45) is 5.92 Å². The molecule has 1 N–H and O–H groups in total. The molecule has 2 heterocycles. The Labute approximate surface area is 127 Å². The summed E-state index contributed by atoms with van der Waals surface area (Å²) < 4.78 is 4.78. The fourth-order valence-corrected chi connectivity index (χ4v) is 3.34. The molecule has 0 atom stereocenters. The number of nitrogens with zero attached hydrogens (tertiary/aromatic N) is 1. The van der Waals surface area contributed by atoms with Crippen LogP contribution in [0.5, 0.6) is 0 Å². The molecule has 0 aromatic carbocycles. The molecule has 0 unspecified atom stereocenters. The largest absolute Gasteiger partial charge is 0.478 e. The van der Waals surface area contributed by atoms with Crippen molar-refractivity contribution in [3.05, 3.63) is 28.0 Å². The number of carbonyl (C=O) groups excluding carboxylic acids is 1. The lowest BCUT2D eigenvalue weighted by Crippen LogP contribution is -2.36. The third kappa shape index (κ3) is 4.68. The minimum Gasteiger partial charge on any atom is -0.478 e. The highest BCUT2D eigenvalue weighted by molar-refractivity contribution is 7.10. The van der Waals surface area contributed by atoms with E-state index in [1.807, 2.05) is 11.4 Å². The predicted molar refractivity (Wildman–Crippen MR) is 81.0 cm³/mol. The first-order valence-electron chi connectivity index (χ1n) is 6.87. The molecule has 1 fully saturated rings. The van der Waals surface area contributed by atoms with Crippen molar-refractivity contribution in [2.75, 3.05) is 20.2 Å². The number of hydrogen-bond donors (Lipinski definition) is 1. The van der Waals surface area contributed by atoms with E-state index in [1.54, 1.807) is 17.4 Å². The normalized spacial score (nSPS) is 17.2. The minimum absolute atomic E-state index is 0.0312. The van der Waals surface area contributed by atoms with Gasteiger partial charge in [-0.25, -0.2) is 4.79 Å². The van der Waals surface area contributed by atoms with E-state index in [1.165, 1.54) is 12.0 Å². The van der Waals surface area contributed by atoms with Crippen LogP contribution in [0.25, 0.3) is 6.08 Å². The molecule has 114 valence electrons. The lowest BCUT2D eigenvalue weighted by atomic mass is 9.97. The summed E-state index contributed by atoms with van der Waals surface area (Å²) in [6.45, 7) is 2.62. The Balaban J connectivity index is 1.84. The zero-order chi connectivity index (χ0) is 15.2. The highest BCUT2D eigenvalue weighted by Gasteiger charge is 2.25. The summed E-state index contributed by atoms with van der Waals surface area (Å²) in [6.07, 6.45) is 4.42. The van der Waals surface area contributed by atoms with Crippen LogP contribution in [0.2, 0.25) is 0 Å². The number of thiophene rings is 1. The van der Waals surface area contributed by atoms with Gasteiger partial charge >= 0.3 is 11.9 Å². The number of hydrogen-bond acceptors (Lipinski definition) is 5. The van der Waals surface area contributed by atoms with Gasteiger partial charge in [0.1, 0.15) is 0 Å². The number of likely N-dealkylation sites (tertiary alicyclic amines) is 1. The second kappa shape index (κ2) is 7.38. The van der Waals surface area contributed by atoms with Crippen LogP contribution in [0.15, 0.2) is 17.5 Å². The second-order valence-corrected chi connectivity index (χ2v) is 6.09. The van der Waals surface area contributed by atoms with Crippen molar-refractivity contribution >= 4 is 29.4 Å². The van der Waals surface area contributed by atoms with Crippen LogP contribution < -0.4 is 0 Å². The Bertz CT molecular complexity index is 530. The maximum absolute atomic E-state index is 11.5. The summed E-state index contributed by atoms with van der Waals surface area (Å²) in [7, 11) is 1.44. The highest BCUT2D eigenvalue weighted by atomic mass is 32.1. The van der Waals surface area contributed by atoms with Crippen LogP contribution in [0.3, 0.4) is 0 Å². The smallest absolute Gasteiger partial charge is 0.328 e. The molecule has 21 heavy (non-hydrogen) atoms. The van der Waals surface area contributed by atoms with Crippen molar-refractivity contribution in [3.8, 4) is 0 Å². The first-order chi connectivity index (χ1) is 10.1. The summed E-state index contributed by atoms with van der Waals surface area (Å²) in [5.41, 5.74) is 0.918. The maximum Gasteiger partial charge on any atom is 0.328 e. The number of ether oxygens (including phenoxy) is 1. The van der Waals surface area contributed by atoms with E-state index in [0.29, 0.717) is 0 Å². The fourth-order valence-electron chi connectivity index (χ4n) is 2.45. The summed E-state index contributed by atoms with van der Waals surface area (Å²) >= 11 is 1.63. The predicted octanol–water partition coefficient (Wildman–Crippen LogP) is 2.23. The summed E-state index contributed by atoms with van der Waals surface area (Å²) in [5, 5.41) is 10.6. The number of piperidine rings is 1. The van der Waals surface area contributed by atoms with E-state index in [-0.39, 0.29) is 11.9 Å². The van der Waals surface area contributed by atoms with Gasteiger partial charge < -0.3 is 9.84 Å². The zero-order valence-electron chi connectivity index (χ0n) is 11.9. The van der Waals surface area contributed by atoms with Crippen LogP contribution in [0.4, 0.5) is 0 Å². The number of carboxylic acids is 1. The quantitative estimate of drug-likeness (QED) is 0.667. The first-order valence-corrected chi connectivity index (χ1v) is 7.75. The van der Waals surface area contributed by atoms with Crippen molar-refractivity contribution < 1.29 is 19.4 Å². The third-order valence-electron chi connectivity index (χ3n) is 3.59. The summed E-state index contributed by atoms with van der Waals surface area (Å²) in [5.74, 6) is -1.01. The molecule has 1 aromatic rings. The topological polar surface area (TPSA) is 66.8 Å². The molecule has 0 saturated carbocycles. The third-order valence-corrected chi connectivity index (χ3v) is 4.53. The van der Waals surface area contributed by atoms with E-state index >= 15 is 0 Å². The molecule has 1 aromatic heterocycles. The molecule has 6 heteroatoms. The average Bonchev–Trinajstić information content (AvgIpc) is 2.92. The molecule has 2 rings (SSSR count). The number of methoxy groups -OCH3 is 1. The molecule has 5 nitrogen and oxygen atoms in total. The Kier molecular flexibility index (Phi) is 5.52. The van der Waals surface area contributed by atoms with Gasteiger partial charge in [0.25, 0.3) is 0 Å². The zero-order valence-corrected chi connectivity index (χ0v) is 12.8. The van der Waals surface area contributed by atoms with Gasteiger partial charge in [-0.2, -0.15) is 0 Å². The molecular formula is C15H19NO4S. The Morgan fingerprint density at radius 3 is 2.81 bits per heavy atom. The average molecular weight is 309 g/mol. The van der Waals surface area contributed by atoms with Gasteiger partial charge in [-0.1, -0.05) is 0 Å². The molecule has 0 aliphatic carbocycles. The lowest BCUT2D eigenvalue weighted by Gasteiger charge is -2.30. The van der Waals surface area contributed by atoms with Crippen molar-refractivity contribution in [1.29, 1.82) is 0 Å². The Hall–Kier alpha value is -1.66. The van der Waals surface area contributed by atoms with Crippen molar-refractivity contribution in [3.63, 3.8) is 0 Å². The Morgan fingerprint density at radius 2 is 2.19 bits per heavy atom. The molecular weight excluding hydrogens is 290 g/mol. The molecule has 0 amide bonds. The number of carboxylic acid groups (broad SMARTS) is 1. The van der Waals surface area contributed by atoms with Gasteiger partial charge in [-0.15, -0.1) is 11.3 Å². The number of rotatable bonds is 5. The SMILES string of the molecule is COC(=O)C1CCN(Cc2cc(C=CC(=O)O)cs2)CC1. The van der Waals surface area contributed by atoms with Gasteiger partial charge in [-0.3, -0.25) is 9.69 Å². The monoisotopic (exact) mass is 309 g/mol. The van der Waals surface area contributed by atoms with Gasteiger partial charge in [0.2, 0.25) is 0 Å². The van der Waals surface area contributed by atoms with Crippen molar-refractivity contribution in [2.45, 2.75) is 19.4 Å².